The summed E-state index contributed by atoms with van der Waals surface area (Å²) in [5.74, 6) is -1.53. The molecule has 0 aromatic heterocycles. The van der Waals surface area contributed by atoms with E-state index in [9.17, 15) is 18.0 Å². The first kappa shape index (κ1) is 19.3. The molecule has 0 aliphatic carbocycles. The topological polar surface area (TPSA) is 105 Å². The molecule has 1 aliphatic rings. The molecule has 1 heterocycles. The van der Waals surface area contributed by atoms with Gasteiger partial charge in [0.25, 0.3) is 5.91 Å². The summed E-state index contributed by atoms with van der Waals surface area (Å²) in [6.45, 7) is -0.561. The zero-order valence-electron chi connectivity index (χ0n) is 14.7. The maximum Gasteiger partial charge on any atom is 0.338 e. The Morgan fingerprint density at radius 2 is 1.89 bits per heavy atom. The van der Waals surface area contributed by atoms with Crippen LogP contribution in [0.5, 0.6) is 0 Å². The maximum absolute atomic E-state index is 12.8. The summed E-state index contributed by atoms with van der Waals surface area (Å²) in [5.41, 5.74) is 0.955. The molecule has 7 nitrogen and oxygen atoms in total. The van der Waals surface area contributed by atoms with Gasteiger partial charge in [-0.2, -0.15) is 5.26 Å². The normalized spacial score (nSPS) is 16.9. The number of esters is 1. The Morgan fingerprint density at radius 1 is 1.14 bits per heavy atom. The third-order valence-electron chi connectivity index (χ3n) is 4.10. The van der Waals surface area contributed by atoms with Gasteiger partial charge in [0.15, 0.2) is 16.4 Å². The summed E-state index contributed by atoms with van der Waals surface area (Å²) in [6, 6.07) is 15.8. The van der Waals surface area contributed by atoms with Gasteiger partial charge in [0.2, 0.25) is 0 Å². The molecule has 0 spiro atoms. The van der Waals surface area contributed by atoms with Crippen LogP contribution in [0.2, 0.25) is 0 Å². The number of benzene rings is 2. The minimum Gasteiger partial charge on any atom is -0.452 e. The van der Waals surface area contributed by atoms with Crippen molar-refractivity contribution in [3.8, 4) is 6.07 Å². The molecule has 1 atom stereocenters. The number of para-hydroxylation sites is 1. The van der Waals surface area contributed by atoms with Crippen LogP contribution in [0.15, 0.2) is 66.1 Å². The summed E-state index contributed by atoms with van der Waals surface area (Å²) in [7, 11) is -3.38. The van der Waals surface area contributed by atoms with E-state index in [1.807, 2.05) is 6.07 Å². The Hall–Kier alpha value is -3.44. The van der Waals surface area contributed by atoms with Gasteiger partial charge in [0.05, 0.1) is 29.0 Å². The van der Waals surface area contributed by atoms with Crippen molar-refractivity contribution in [2.45, 2.75) is 6.04 Å². The molecular formula is C20H16N2O5S. The minimum absolute atomic E-state index is 0.154. The van der Waals surface area contributed by atoms with Crippen molar-refractivity contribution in [1.82, 2.24) is 0 Å². The Bertz CT molecular complexity index is 1070. The summed E-state index contributed by atoms with van der Waals surface area (Å²) in [6.07, 6.45) is 1.44. The standard InChI is InChI=1S/C20H16N2O5S/c21-12-15-5-4-6-16(11-15)20(24)27-13-19(23)22(17-7-2-1-3-8-17)18-9-10-28(25,26)14-18/h1-11,18H,13-14H2/t18-/m1/s1. The van der Waals surface area contributed by atoms with E-state index < -0.39 is 34.4 Å². The van der Waals surface area contributed by atoms with Gasteiger partial charge in [-0.3, -0.25) is 4.79 Å². The van der Waals surface area contributed by atoms with Gasteiger partial charge < -0.3 is 9.64 Å². The first-order valence-corrected chi connectivity index (χ1v) is 10.1. The van der Waals surface area contributed by atoms with Gasteiger partial charge in [-0.15, -0.1) is 0 Å². The molecule has 3 rings (SSSR count). The molecule has 2 aromatic rings. The van der Waals surface area contributed by atoms with Gasteiger partial charge in [-0.25, -0.2) is 13.2 Å². The lowest BCUT2D eigenvalue weighted by molar-refractivity contribution is -0.121. The monoisotopic (exact) mass is 396 g/mol. The van der Waals surface area contributed by atoms with Gasteiger partial charge >= 0.3 is 5.97 Å². The van der Waals surface area contributed by atoms with Crippen LogP contribution >= 0.6 is 0 Å². The van der Waals surface area contributed by atoms with Crippen LogP contribution in [-0.2, 0) is 19.4 Å². The van der Waals surface area contributed by atoms with Crippen LogP contribution in [0.1, 0.15) is 15.9 Å². The summed E-state index contributed by atoms with van der Waals surface area (Å²) in [4.78, 5) is 26.3. The average molecular weight is 396 g/mol. The molecule has 8 heteroatoms. The summed E-state index contributed by atoms with van der Waals surface area (Å²) in [5, 5.41) is 9.99. The van der Waals surface area contributed by atoms with Crippen LogP contribution < -0.4 is 4.90 Å². The highest BCUT2D eigenvalue weighted by atomic mass is 32.2. The van der Waals surface area contributed by atoms with Crippen molar-refractivity contribution >= 4 is 27.4 Å². The van der Waals surface area contributed by atoms with Crippen molar-refractivity contribution < 1.29 is 22.7 Å². The molecule has 28 heavy (non-hydrogen) atoms. The Balaban J connectivity index is 1.76. The summed E-state index contributed by atoms with van der Waals surface area (Å²) >= 11 is 0. The molecular weight excluding hydrogens is 380 g/mol. The molecule has 0 saturated heterocycles. The maximum atomic E-state index is 12.8. The number of rotatable bonds is 5. The third-order valence-corrected chi connectivity index (χ3v) is 5.48. The number of anilines is 1. The van der Waals surface area contributed by atoms with Crippen molar-refractivity contribution in [3.05, 3.63) is 77.2 Å². The average Bonchev–Trinajstić information content (AvgIpc) is 3.06. The first-order chi connectivity index (χ1) is 13.4. The van der Waals surface area contributed by atoms with Crippen molar-refractivity contribution in [3.63, 3.8) is 0 Å². The molecule has 0 radical (unpaired) electrons. The minimum atomic E-state index is -3.38. The second kappa shape index (κ2) is 8.06. The number of sulfone groups is 1. The van der Waals surface area contributed by atoms with E-state index in [4.69, 9.17) is 10.00 Å². The van der Waals surface area contributed by atoms with Crippen molar-refractivity contribution in [2.75, 3.05) is 17.3 Å². The SMILES string of the molecule is N#Cc1cccc(C(=O)OCC(=O)N(c2ccccc2)[C@@H]2C=CS(=O)(=O)C2)c1. The largest absolute Gasteiger partial charge is 0.452 e. The number of nitrogens with zero attached hydrogens (tertiary/aromatic N) is 2. The van der Waals surface area contributed by atoms with Crippen molar-refractivity contribution in [2.24, 2.45) is 0 Å². The van der Waals surface area contributed by atoms with Crippen LogP contribution in [0, 0.1) is 11.3 Å². The number of ether oxygens (including phenoxy) is 1. The number of amides is 1. The Labute approximate surface area is 162 Å². The van der Waals surface area contributed by atoms with Crippen LogP contribution in [0.4, 0.5) is 5.69 Å². The number of hydrogen-bond donors (Lipinski definition) is 0. The van der Waals surface area contributed by atoms with Crippen LogP contribution in [0.3, 0.4) is 0 Å². The lowest BCUT2D eigenvalue weighted by atomic mass is 10.1. The van der Waals surface area contributed by atoms with E-state index in [1.165, 1.54) is 23.1 Å². The van der Waals surface area contributed by atoms with Gasteiger partial charge in [-0.05, 0) is 36.4 Å². The van der Waals surface area contributed by atoms with E-state index in [1.54, 1.807) is 42.5 Å². The molecule has 0 fully saturated rings. The van der Waals surface area contributed by atoms with E-state index >= 15 is 0 Å². The predicted molar refractivity (Wildman–Crippen MR) is 102 cm³/mol. The quantitative estimate of drug-likeness (QED) is 0.717. The van der Waals surface area contributed by atoms with Gasteiger partial charge in [0, 0.05) is 11.1 Å². The van der Waals surface area contributed by atoms with Crippen LogP contribution in [-0.4, -0.2) is 38.7 Å². The lowest BCUT2D eigenvalue weighted by Gasteiger charge is -2.27. The Kier molecular flexibility index (Phi) is 5.57. The number of nitriles is 1. The van der Waals surface area contributed by atoms with E-state index in [2.05, 4.69) is 0 Å². The molecule has 0 N–H and O–H groups in total. The number of carbonyl (C=O) groups is 2. The molecule has 142 valence electrons. The molecule has 0 saturated carbocycles. The Morgan fingerprint density at radius 3 is 2.54 bits per heavy atom. The highest BCUT2D eigenvalue weighted by Crippen LogP contribution is 2.23. The molecule has 0 unspecified atom stereocenters. The number of hydrogen-bond acceptors (Lipinski definition) is 6. The zero-order valence-corrected chi connectivity index (χ0v) is 15.5. The second-order valence-corrected chi connectivity index (χ2v) is 8.02. The zero-order chi connectivity index (χ0) is 20.1. The molecule has 0 bridgehead atoms. The van der Waals surface area contributed by atoms with E-state index in [0.717, 1.165) is 5.41 Å². The highest BCUT2D eigenvalue weighted by Gasteiger charge is 2.31. The first-order valence-electron chi connectivity index (χ1n) is 8.35. The van der Waals surface area contributed by atoms with Crippen molar-refractivity contribution in [1.29, 1.82) is 5.26 Å². The molecule has 1 aliphatic heterocycles. The molecule has 1 amide bonds. The van der Waals surface area contributed by atoms with Gasteiger partial charge in [0.1, 0.15) is 0 Å². The van der Waals surface area contributed by atoms with Gasteiger partial charge in [-0.1, -0.05) is 24.3 Å². The fraction of sp³-hybridized carbons (Fsp3) is 0.150. The smallest absolute Gasteiger partial charge is 0.338 e. The second-order valence-electron chi connectivity index (χ2n) is 6.09. The predicted octanol–water partition coefficient (Wildman–Crippen LogP) is 2.06. The van der Waals surface area contributed by atoms with E-state index in [0.29, 0.717) is 11.3 Å². The summed E-state index contributed by atoms with van der Waals surface area (Å²) < 4.78 is 28.6. The third kappa shape index (κ3) is 4.45. The molecule has 2 aromatic carbocycles. The number of carbonyl (C=O) groups excluding carboxylic acids is 2. The highest BCUT2D eigenvalue weighted by molar-refractivity contribution is 7.94. The lowest BCUT2D eigenvalue weighted by Crippen LogP contribution is -2.43. The van der Waals surface area contributed by atoms with Crippen LogP contribution in [0.25, 0.3) is 0 Å². The van der Waals surface area contributed by atoms with E-state index in [-0.39, 0.29) is 11.3 Å². The fourth-order valence-corrected chi connectivity index (χ4v) is 4.09. The fourth-order valence-electron chi connectivity index (χ4n) is 2.83.